The van der Waals surface area contributed by atoms with Crippen molar-refractivity contribution in [1.29, 1.82) is 0 Å². The molecule has 0 saturated carbocycles. The van der Waals surface area contributed by atoms with Gasteiger partial charge >= 0.3 is 0 Å². The number of nitrogens with one attached hydrogen (secondary N) is 1. The Balaban J connectivity index is 1.98. The minimum atomic E-state index is -0.255. The molecule has 0 unspecified atom stereocenters. The summed E-state index contributed by atoms with van der Waals surface area (Å²) in [7, 11) is 0. The highest BCUT2D eigenvalue weighted by molar-refractivity contribution is 7.98. The molecule has 5 heteroatoms. The van der Waals surface area contributed by atoms with Crippen LogP contribution in [0, 0.1) is 5.82 Å². The number of carbonyl (C=O) groups is 1. The second-order valence-electron chi connectivity index (χ2n) is 4.44. The molecule has 0 fully saturated rings. The molecule has 110 valence electrons. The first kappa shape index (κ1) is 15.9. The van der Waals surface area contributed by atoms with Gasteiger partial charge in [0, 0.05) is 11.4 Å². The summed E-state index contributed by atoms with van der Waals surface area (Å²) in [4.78, 5) is 13.1. The van der Waals surface area contributed by atoms with Crippen LogP contribution in [0.15, 0.2) is 47.4 Å². The molecule has 0 aliphatic carbocycles. The highest BCUT2D eigenvalue weighted by atomic mass is 35.5. The summed E-state index contributed by atoms with van der Waals surface area (Å²) in [6, 6.07) is 11.9. The SMILES string of the molecule is CSc1ccc(Cl)c(C(=O)NCCc2ccccc2F)c1. The average molecular weight is 324 g/mol. The highest BCUT2D eigenvalue weighted by Crippen LogP contribution is 2.22. The molecule has 0 heterocycles. The summed E-state index contributed by atoms with van der Waals surface area (Å²) in [5.41, 5.74) is 1.03. The summed E-state index contributed by atoms with van der Waals surface area (Å²) in [5, 5.41) is 3.18. The minimum absolute atomic E-state index is 0.243. The summed E-state index contributed by atoms with van der Waals surface area (Å²) in [6.07, 6.45) is 2.38. The third-order valence-electron chi connectivity index (χ3n) is 3.06. The lowest BCUT2D eigenvalue weighted by molar-refractivity contribution is 0.0954. The zero-order valence-electron chi connectivity index (χ0n) is 11.5. The molecule has 0 aliphatic heterocycles. The van der Waals surface area contributed by atoms with Gasteiger partial charge in [0.2, 0.25) is 0 Å². The zero-order valence-corrected chi connectivity index (χ0v) is 13.1. The molecule has 0 radical (unpaired) electrons. The van der Waals surface area contributed by atoms with Crippen molar-refractivity contribution in [3.05, 3.63) is 64.4 Å². The number of thioether (sulfide) groups is 1. The van der Waals surface area contributed by atoms with Crippen LogP contribution in [0.2, 0.25) is 5.02 Å². The fraction of sp³-hybridized carbons (Fsp3) is 0.188. The van der Waals surface area contributed by atoms with E-state index in [2.05, 4.69) is 5.32 Å². The third-order valence-corrected chi connectivity index (χ3v) is 4.11. The minimum Gasteiger partial charge on any atom is -0.352 e. The van der Waals surface area contributed by atoms with E-state index < -0.39 is 0 Å². The van der Waals surface area contributed by atoms with Crippen molar-refractivity contribution in [2.24, 2.45) is 0 Å². The van der Waals surface area contributed by atoms with E-state index in [0.717, 1.165) is 4.90 Å². The van der Waals surface area contributed by atoms with Crippen molar-refractivity contribution in [3.8, 4) is 0 Å². The molecule has 0 aliphatic rings. The molecule has 0 aromatic heterocycles. The van der Waals surface area contributed by atoms with Gasteiger partial charge in [0.05, 0.1) is 10.6 Å². The normalized spacial score (nSPS) is 10.4. The quantitative estimate of drug-likeness (QED) is 0.837. The number of hydrogen-bond donors (Lipinski definition) is 1. The molecule has 1 N–H and O–H groups in total. The van der Waals surface area contributed by atoms with Crippen LogP contribution in [0.4, 0.5) is 4.39 Å². The van der Waals surface area contributed by atoms with E-state index >= 15 is 0 Å². The topological polar surface area (TPSA) is 29.1 Å². The number of amides is 1. The Kier molecular flexibility index (Phi) is 5.65. The maximum atomic E-state index is 13.5. The molecule has 21 heavy (non-hydrogen) atoms. The summed E-state index contributed by atoms with van der Waals surface area (Å²) < 4.78 is 13.5. The largest absolute Gasteiger partial charge is 0.352 e. The number of benzene rings is 2. The van der Waals surface area contributed by atoms with Crippen molar-refractivity contribution < 1.29 is 9.18 Å². The Hall–Kier alpha value is -1.52. The lowest BCUT2D eigenvalue weighted by Gasteiger charge is -2.08. The van der Waals surface area contributed by atoms with Gasteiger partial charge in [-0.2, -0.15) is 0 Å². The lowest BCUT2D eigenvalue weighted by atomic mass is 10.1. The van der Waals surface area contributed by atoms with E-state index in [1.807, 2.05) is 12.3 Å². The van der Waals surface area contributed by atoms with E-state index in [1.165, 1.54) is 6.07 Å². The Morgan fingerprint density at radius 2 is 2.05 bits per heavy atom. The molecule has 0 bridgehead atoms. The highest BCUT2D eigenvalue weighted by Gasteiger charge is 2.11. The van der Waals surface area contributed by atoms with Gasteiger partial charge in [-0.1, -0.05) is 29.8 Å². The predicted molar refractivity (Wildman–Crippen MR) is 85.7 cm³/mol. The predicted octanol–water partition coefficient (Wildman–Crippen LogP) is 4.17. The molecule has 2 nitrogen and oxygen atoms in total. The number of hydrogen-bond acceptors (Lipinski definition) is 2. The maximum absolute atomic E-state index is 13.5. The molecular formula is C16H15ClFNOS. The van der Waals surface area contributed by atoms with Gasteiger partial charge in [0.1, 0.15) is 5.82 Å². The Morgan fingerprint density at radius 3 is 2.76 bits per heavy atom. The van der Waals surface area contributed by atoms with Gasteiger partial charge in [-0.25, -0.2) is 4.39 Å². The standard InChI is InChI=1S/C16H15ClFNOS/c1-21-12-6-7-14(17)13(10-12)16(20)19-9-8-11-4-2-3-5-15(11)18/h2-7,10H,8-9H2,1H3,(H,19,20). The molecule has 0 spiro atoms. The van der Waals surface area contributed by atoms with Gasteiger partial charge in [0.25, 0.3) is 5.91 Å². The van der Waals surface area contributed by atoms with Gasteiger partial charge in [0.15, 0.2) is 0 Å². The van der Waals surface area contributed by atoms with Crippen LogP contribution < -0.4 is 5.32 Å². The van der Waals surface area contributed by atoms with Gasteiger partial charge in [-0.05, 0) is 42.5 Å². The van der Waals surface area contributed by atoms with Crippen LogP contribution in [0.3, 0.4) is 0 Å². The second-order valence-corrected chi connectivity index (χ2v) is 5.73. The molecule has 1 amide bonds. The Labute approximate surface area is 132 Å². The lowest BCUT2D eigenvalue weighted by Crippen LogP contribution is -2.26. The van der Waals surface area contributed by atoms with E-state index in [1.54, 1.807) is 42.1 Å². The Morgan fingerprint density at radius 1 is 1.29 bits per heavy atom. The number of carbonyl (C=O) groups excluding carboxylic acids is 1. The van der Waals surface area contributed by atoms with E-state index in [0.29, 0.717) is 29.1 Å². The monoisotopic (exact) mass is 323 g/mol. The van der Waals surface area contributed by atoms with Crippen molar-refractivity contribution in [1.82, 2.24) is 5.32 Å². The fourth-order valence-electron chi connectivity index (χ4n) is 1.91. The maximum Gasteiger partial charge on any atom is 0.252 e. The first-order valence-electron chi connectivity index (χ1n) is 6.47. The third kappa shape index (κ3) is 4.22. The molecule has 2 rings (SSSR count). The van der Waals surface area contributed by atoms with Crippen LogP contribution in [0.5, 0.6) is 0 Å². The summed E-state index contributed by atoms with van der Waals surface area (Å²) in [5.74, 6) is -0.499. The van der Waals surface area contributed by atoms with Crippen LogP contribution >= 0.6 is 23.4 Å². The van der Waals surface area contributed by atoms with Crippen molar-refractivity contribution in [3.63, 3.8) is 0 Å². The second kappa shape index (κ2) is 7.48. The molecule has 2 aromatic rings. The zero-order chi connectivity index (χ0) is 15.2. The van der Waals surface area contributed by atoms with E-state index in [-0.39, 0.29) is 11.7 Å². The van der Waals surface area contributed by atoms with Gasteiger partial charge in [-0.3, -0.25) is 4.79 Å². The van der Waals surface area contributed by atoms with Crippen LogP contribution in [0.25, 0.3) is 0 Å². The number of halogens is 2. The molecular weight excluding hydrogens is 309 g/mol. The van der Waals surface area contributed by atoms with Crippen LogP contribution in [-0.4, -0.2) is 18.7 Å². The first-order valence-corrected chi connectivity index (χ1v) is 8.07. The number of rotatable bonds is 5. The van der Waals surface area contributed by atoms with Crippen LogP contribution in [-0.2, 0) is 6.42 Å². The van der Waals surface area contributed by atoms with E-state index in [4.69, 9.17) is 11.6 Å². The van der Waals surface area contributed by atoms with Gasteiger partial charge in [-0.15, -0.1) is 11.8 Å². The summed E-state index contributed by atoms with van der Waals surface area (Å²) in [6.45, 7) is 0.361. The Bertz CT molecular complexity index is 648. The fourth-order valence-corrected chi connectivity index (χ4v) is 2.56. The van der Waals surface area contributed by atoms with E-state index in [9.17, 15) is 9.18 Å². The average Bonchev–Trinajstić information content (AvgIpc) is 2.49. The molecule has 0 saturated heterocycles. The van der Waals surface area contributed by atoms with Gasteiger partial charge < -0.3 is 5.32 Å². The molecule has 0 atom stereocenters. The first-order chi connectivity index (χ1) is 10.1. The summed E-state index contributed by atoms with van der Waals surface area (Å²) >= 11 is 7.58. The van der Waals surface area contributed by atoms with Crippen LogP contribution in [0.1, 0.15) is 15.9 Å². The van der Waals surface area contributed by atoms with Crippen molar-refractivity contribution in [2.75, 3.05) is 12.8 Å². The molecule has 2 aromatic carbocycles. The van der Waals surface area contributed by atoms with Crippen molar-refractivity contribution >= 4 is 29.3 Å². The smallest absolute Gasteiger partial charge is 0.252 e. The van der Waals surface area contributed by atoms with Crippen molar-refractivity contribution in [2.45, 2.75) is 11.3 Å².